The van der Waals surface area contributed by atoms with Crippen LogP contribution in [0.3, 0.4) is 0 Å². The molecule has 1 rings (SSSR count). The topological polar surface area (TPSA) is 99.2 Å². The van der Waals surface area contributed by atoms with Gasteiger partial charge >= 0.3 is 0 Å². The van der Waals surface area contributed by atoms with Gasteiger partial charge < -0.3 is 14.4 Å². The number of sulfone groups is 1. The number of hydrogen-bond donors (Lipinski definition) is 0. The minimum Gasteiger partial charge on any atom is -0.379 e. The first-order valence-electron chi connectivity index (χ1n) is 17.3. The quantitative estimate of drug-likeness (QED) is 0.0626. The van der Waals surface area contributed by atoms with Crippen LogP contribution in [0, 0.1) is 0 Å². The van der Waals surface area contributed by atoms with E-state index < -0.39 is 26.1 Å². The molecule has 0 amide bonds. The van der Waals surface area contributed by atoms with Crippen molar-refractivity contribution >= 4 is 20.0 Å². The Bertz CT molecular complexity index is 984. The van der Waals surface area contributed by atoms with Crippen LogP contribution in [0.4, 0.5) is 0 Å². The van der Waals surface area contributed by atoms with E-state index in [1.54, 1.807) is 0 Å². The molecular weight excluding hydrogens is 611 g/mol. The molecule has 1 atom stereocenters. The molecule has 0 aliphatic heterocycles. The van der Waals surface area contributed by atoms with Crippen molar-refractivity contribution in [3.8, 4) is 0 Å². The molecule has 0 saturated heterocycles. The van der Waals surface area contributed by atoms with E-state index in [1.807, 2.05) is 56.4 Å². The second-order valence-corrected chi connectivity index (χ2v) is 16.5. The highest BCUT2D eigenvalue weighted by Gasteiger charge is 2.21. The third-order valence-electron chi connectivity index (χ3n) is 7.11. The molecule has 0 heterocycles. The molecule has 0 fully saturated rings. The number of unbranched alkanes of at least 4 members (excludes halogenated alkanes) is 15. The van der Waals surface area contributed by atoms with E-state index in [4.69, 9.17) is 9.47 Å². The molecule has 10 heteroatoms. The second-order valence-electron chi connectivity index (χ2n) is 12.6. The summed E-state index contributed by atoms with van der Waals surface area (Å²) in [6.07, 6.45) is 21.5. The molecule has 0 aliphatic carbocycles. The molecule has 266 valence electrons. The lowest BCUT2D eigenvalue weighted by molar-refractivity contribution is -0.0137. The van der Waals surface area contributed by atoms with Crippen molar-refractivity contribution in [2.24, 2.45) is 0 Å². The van der Waals surface area contributed by atoms with Crippen molar-refractivity contribution in [1.82, 2.24) is 4.90 Å². The van der Waals surface area contributed by atoms with E-state index in [0.717, 1.165) is 24.7 Å². The molecule has 1 aromatic carbocycles. The Hall–Kier alpha value is -1.04. The van der Waals surface area contributed by atoms with Crippen molar-refractivity contribution in [1.29, 1.82) is 0 Å². The van der Waals surface area contributed by atoms with E-state index in [0.29, 0.717) is 13.2 Å². The van der Waals surface area contributed by atoms with Crippen LogP contribution in [-0.4, -0.2) is 86.6 Å². The first-order chi connectivity index (χ1) is 21.4. The summed E-state index contributed by atoms with van der Waals surface area (Å²) in [6, 6.07) is 9.63. The van der Waals surface area contributed by atoms with Crippen LogP contribution in [-0.2, 0) is 40.2 Å². The summed E-state index contributed by atoms with van der Waals surface area (Å²) in [5.74, 6) is -0.329. The zero-order valence-electron chi connectivity index (χ0n) is 29.3. The molecule has 1 unspecified atom stereocenters. The number of benzene rings is 1. The summed E-state index contributed by atoms with van der Waals surface area (Å²) >= 11 is 0. The van der Waals surface area contributed by atoms with Gasteiger partial charge in [0.25, 0.3) is 10.1 Å². The summed E-state index contributed by atoms with van der Waals surface area (Å²) in [7, 11) is -1.04. The van der Waals surface area contributed by atoms with Crippen LogP contribution in [0.25, 0.3) is 0 Å². The molecule has 0 spiro atoms. The predicted octanol–water partition coefficient (Wildman–Crippen LogP) is 7.81. The Labute approximate surface area is 278 Å². The fourth-order valence-corrected chi connectivity index (χ4v) is 6.66. The maximum absolute atomic E-state index is 12.6. The Morgan fingerprint density at radius 1 is 0.667 bits per heavy atom. The minimum atomic E-state index is -3.58. The summed E-state index contributed by atoms with van der Waals surface area (Å²) in [6.45, 7) is 3.23. The molecule has 1 aromatic rings. The zero-order chi connectivity index (χ0) is 33.7. The molecule has 45 heavy (non-hydrogen) atoms. The van der Waals surface area contributed by atoms with Crippen molar-refractivity contribution < 1.29 is 30.5 Å². The standard InChI is InChI=1S/C32H58O7S2.C3H9N/c1-3-4-5-6-7-8-9-10-11-12-13-14-15-16-17-21-25-37-29-32(38-28-31-23-19-18-20-24-31)30-41(35,36)27-22-26-39-40(2,33)34;1-4(2)3/h18-20,23-24,32H,3-17,21-22,25-30H2,1-2H3;1-3H3. The maximum Gasteiger partial charge on any atom is 0.264 e. The van der Waals surface area contributed by atoms with Crippen molar-refractivity contribution in [3.63, 3.8) is 0 Å². The molecular formula is C35H67NO7S2. The Balaban J connectivity index is 0.00000454. The minimum absolute atomic E-state index is 0.112. The van der Waals surface area contributed by atoms with Crippen LogP contribution in [0.15, 0.2) is 30.3 Å². The Kier molecular flexibility index (Phi) is 28.5. The molecule has 0 N–H and O–H groups in total. The van der Waals surface area contributed by atoms with Crippen molar-refractivity contribution in [2.45, 2.75) is 129 Å². The predicted molar refractivity (Wildman–Crippen MR) is 189 cm³/mol. The monoisotopic (exact) mass is 677 g/mol. The van der Waals surface area contributed by atoms with Gasteiger partial charge in [0.1, 0.15) is 0 Å². The van der Waals surface area contributed by atoms with Gasteiger partial charge in [-0.3, -0.25) is 4.18 Å². The van der Waals surface area contributed by atoms with Crippen LogP contribution in [0.1, 0.15) is 122 Å². The fraction of sp³-hybridized carbons (Fsp3) is 0.829. The summed E-state index contributed by atoms with van der Waals surface area (Å²) in [4.78, 5) is 2.00. The van der Waals surface area contributed by atoms with E-state index >= 15 is 0 Å². The first kappa shape index (κ1) is 44.0. The molecule has 0 aromatic heterocycles. The van der Waals surface area contributed by atoms with Gasteiger partial charge in [-0.1, -0.05) is 134 Å². The van der Waals surface area contributed by atoms with E-state index in [-0.39, 0.29) is 31.1 Å². The average Bonchev–Trinajstić information content (AvgIpc) is 2.97. The maximum atomic E-state index is 12.6. The SMILES string of the molecule is CCCCCCCCCCCCCCCCCCOCC(CS(=O)(=O)CCCOS(C)(=O)=O)OCc1ccccc1.CN(C)C. The highest BCUT2D eigenvalue weighted by atomic mass is 32.2. The van der Waals surface area contributed by atoms with Crippen molar-refractivity contribution in [3.05, 3.63) is 35.9 Å². The van der Waals surface area contributed by atoms with Gasteiger partial charge in [0.05, 0.1) is 43.7 Å². The van der Waals surface area contributed by atoms with Gasteiger partial charge in [-0.15, -0.1) is 0 Å². The second kappa shape index (κ2) is 29.1. The van der Waals surface area contributed by atoms with Gasteiger partial charge in [0, 0.05) is 6.61 Å². The zero-order valence-corrected chi connectivity index (χ0v) is 31.0. The van der Waals surface area contributed by atoms with Gasteiger partial charge in [-0.2, -0.15) is 8.42 Å². The van der Waals surface area contributed by atoms with Crippen LogP contribution in [0.5, 0.6) is 0 Å². The normalized spacial score (nSPS) is 12.7. The van der Waals surface area contributed by atoms with E-state index in [1.165, 1.54) is 89.9 Å². The van der Waals surface area contributed by atoms with Gasteiger partial charge in [-0.25, -0.2) is 8.42 Å². The third kappa shape index (κ3) is 34.1. The highest BCUT2D eigenvalue weighted by Crippen LogP contribution is 2.14. The van der Waals surface area contributed by atoms with Crippen LogP contribution in [0.2, 0.25) is 0 Å². The fourth-order valence-electron chi connectivity index (χ4n) is 4.76. The molecule has 0 aliphatic rings. The number of rotatable bonds is 29. The lowest BCUT2D eigenvalue weighted by atomic mass is 10.0. The largest absolute Gasteiger partial charge is 0.379 e. The number of nitrogens with zero attached hydrogens (tertiary/aromatic N) is 1. The first-order valence-corrected chi connectivity index (χ1v) is 21.0. The van der Waals surface area contributed by atoms with Gasteiger partial charge in [-0.05, 0) is 39.5 Å². The lowest BCUT2D eigenvalue weighted by Crippen LogP contribution is -2.30. The third-order valence-corrected chi connectivity index (χ3v) is 9.50. The molecule has 8 nitrogen and oxygen atoms in total. The van der Waals surface area contributed by atoms with Gasteiger partial charge in [0.15, 0.2) is 9.84 Å². The van der Waals surface area contributed by atoms with E-state index in [2.05, 4.69) is 11.1 Å². The van der Waals surface area contributed by atoms with Gasteiger partial charge in [0.2, 0.25) is 0 Å². The number of ether oxygens (including phenoxy) is 2. The summed E-state index contributed by atoms with van der Waals surface area (Å²) in [5, 5.41) is 0. The smallest absolute Gasteiger partial charge is 0.264 e. The van der Waals surface area contributed by atoms with Crippen LogP contribution >= 0.6 is 0 Å². The molecule has 0 saturated carbocycles. The Morgan fingerprint density at radius 3 is 1.60 bits per heavy atom. The molecule has 0 radical (unpaired) electrons. The summed E-state index contributed by atoms with van der Waals surface area (Å²) < 4.78 is 63.8. The lowest BCUT2D eigenvalue weighted by Gasteiger charge is -2.18. The summed E-state index contributed by atoms with van der Waals surface area (Å²) in [5.41, 5.74) is 0.967. The van der Waals surface area contributed by atoms with Crippen molar-refractivity contribution in [2.75, 3.05) is 58.7 Å². The Morgan fingerprint density at radius 2 is 1.13 bits per heavy atom. The highest BCUT2D eigenvalue weighted by molar-refractivity contribution is 7.91. The average molecular weight is 678 g/mol. The molecule has 0 bridgehead atoms. The number of hydrogen-bond acceptors (Lipinski definition) is 8. The van der Waals surface area contributed by atoms with E-state index in [9.17, 15) is 16.8 Å². The van der Waals surface area contributed by atoms with Crippen LogP contribution < -0.4 is 0 Å².